The molecule has 0 fully saturated rings. The zero-order chi connectivity index (χ0) is 12.1. The largest absolute Gasteiger partial charge is 0.399 e. The molecule has 0 aliphatic rings. The average molecular weight is 230 g/mol. The molecule has 0 atom stereocenters. The van der Waals surface area contributed by atoms with Crippen molar-refractivity contribution < 1.29 is 4.79 Å². The Labute approximate surface area is 99.1 Å². The van der Waals surface area contributed by atoms with E-state index >= 15 is 0 Å². The van der Waals surface area contributed by atoms with E-state index in [0.29, 0.717) is 12.2 Å². The van der Waals surface area contributed by atoms with Gasteiger partial charge in [-0.25, -0.2) is 4.98 Å². The van der Waals surface area contributed by atoms with Crippen LogP contribution >= 0.6 is 0 Å². The van der Waals surface area contributed by atoms with Crippen LogP contribution in [0.3, 0.4) is 0 Å². The summed E-state index contributed by atoms with van der Waals surface area (Å²) in [6.45, 7) is 0.585. The molecule has 0 bridgehead atoms. The summed E-state index contributed by atoms with van der Waals surface area (Å²) in [5, 5.41) is 2.81. The number of nitrogens with two attached hydrogens (primary N) is 1. The molecule has 2 aromatic rings. The summed E-state index contributed by atoms with van der Waals surface area (Å²) in [4.78, 5) is 18.1. The summed E-state index contributed by atoms with van der Waals surface area (Å²) >= 11 is 0. The molecular formula is C12H14N4O. The van der Waals surface area contributed by atoms with Crippen molar-refractivity contribution in [2.45, 2.75) is 6.42 Å². The number of aromatic amines is 1. The molecule has 5 nitrogen and oxygen atoms in total. The molecule has 1 amide bonds. The smallest absolute Gasteiger partial charge is 0.269 e. The highest BCUT2D eigenvalue weighted by Crippen LogP contribution is 2.05. The molecule has 88 valence electrons. The number of aromatic nitrogens is 2. The molecule has 0 radical (unpaired) electrons. The highest BCUT2D eigenvalue weighted by Gasteiger charge is 2.04. The number of hydrogen-bond acceptors (Lipinski definition) is 3. The van der Waals surface area contributed by atoms with Crippen molar-refractivity contribution in [3.05, 3.63) is 48.0 Å². The van der Waals surface area contributed by atoms with Crippen molar-refractivity contribution in [2.24, 2.45) is 0 Å². The number of hydrogen-bond donors (Lipinski definition) is 3. The normalized spacial score (nSPS) is 10.1. The lowest BCUT2D eigenvalue weighted by atomic mass is 10.1. The number of nitrogens with one attached hydrogen (secondary N) is 2. The van der Waals surface area contributed by atoms with Crippen LogP contribution in [0.5, 0.6) is 0 Å². The second kappa shape index (κ2) is 5.16. The first-order chi connectivity index (χ1) is 8.25. The number of carbonyl (C=O) groups excluding carboxylic acids is 1. The molecule has 0 unspecified atom stereocenters. The van der Waals surface area contributed by atoms with Crippen LogP contribution in [0.15, 0.2) is 36.8 Å². The molecule has 0 aliphatic heterocycles. The van der Waals surface area contributed by atoms with Gasteiger partial charge in [0.05, 0.1) is 12.5 Å². The molecule has 5 heteroatoms. The van der Waals surface area contributed by atoms with Gasteiger partial charge in [0.2, 0.25) is 0 Å². The number of H-pyrrole nitrogens is 1. The quantitative estimate of drug-likeness (QED) is 0.684. The fourth-order valence-electron chi connectivity index (χ4n) is 1.48. The Hall–Kier alpha value is -2.30. The van der Waals surface area contributed by atoms with Crippen molar-refractivity contribution in [1.29, 1.82) is 0 Å². The van der Waals surface area contributed by atoms with Crippen molar-refractivity contribution in [3.63, 3.8) is 0 Å². The van der Waals surface area contributed by atoms with Gasteiger partial charge in [0.1, 0.15) is 5.69 Å². The van der Waals surface area contributed by atoms with Crippen LogP contribution in [0.2, 0.25) is 0 Å². The summed E-state index contributed by atoms with van der Waals surface area (Å²) in [5.74, 6) is -0.141. The molecule has 2 rings (SSSR count). The number of nitrogens with zero attached hydrogens (tertiary/aromatic N) is 1. The Morgan fingerprint density at radius 1 is 1.35 bits per heavy atom. The predicted molar refractivity (Wildman–Crippen MR) is 65.5 cm³/mol. The van der Waals surface area contributed by atoms with Gasteiger partial charge in [0.25, 0.3) is 5.91 Å². The zero-order valence-electron chi connectivity index (χ0n) is 9.31. The number of anilines is 1. The number of carbonyl (C=O) groups is 1. The first-order valence-electron chi connectivity index (χ1n) is 5.37. The lowest BCUT2D eigenvalue weighted by molar-refractivity contribution is 0.0949. The van der Waals surface area contributed by atoms with Crippen LogP contribution < -0.4 is 11.1 Å². The van der Waals surface area contributed by atoms with E-state index in [4.69, 9.17) is 5.73 Å². The van der Waals surface area contributed by atoms with Crippen LogP contribution in [0.4, 0.5) is 5.69 Å². The maximum Gasteiger partial charge on any atom is 0.269 e. The highest BCUT2D eigenvalue weighted by molar-refractivity contribution is 5.91. The lowest BCUT2D eigenvalue weighted by Crippen LogP contribution is -2.25. The highest BCUT2D eigenvalue weighted by atomic mass is 16.1. The van der Waals surface area contributed by atoms with Crippen molar-refractivity contribution in [1.82, 2.24) is 15.3 Å². The monoisotopic (exact) mass is 230 g/mol. The van der Waals surface area contributed by atoms with Gasteiger partial charge in [-0.3, -0.25) is 4.79 Å². The van der Waals surface area contributed by atoms with Gasteiger partial charge in [-0.05, 0) is 24.1 Å². The van der Waals surface area contributed by atoms with Crippen LogP contribution in [0.25, 0.3) is 0 Å². The molecule has 0 spiro atoms. The molecule has 0 saturated carbocycles. The third-order valence-corrected chi connectivity index (χ3v) is 2.42. The first kappa shape index (κ1) is 11.2. The number of amides is 1. The molecule has 1 aromatic carbocycles. The number of nitrogen functional groups attached to an aromatic ring is 1. The fourth-order valence-corrected chi connectivity index (χ4v) is 1.48. The van der Waals surface area contributed by atoms with Gasteiger partial charge in [0.15, 0.2) is 0 Å². The van der Waals surface area contributed by atoms with Crippen LogP contribution in [-0.4, -0.2) is 22.4 Å². The van der Waals surface area contributed by atoms with Crippen molar-refractivity contribution in [2.75, 3.05) is 12.3 Å². The molecule has 4 N–H and O–H groups in total. The zero-order valence-corrected chi connectivity index (χ0v) is 9.31. The van der Waals surface area contributed by atoms with Gasteiger partial charge in [-0.2, -0.15) is 0 Å². The molecule has 1 aromatic heterocycles. The standard InChI is InChI=1S/C12H14N4O/c13-10-3-1-9(2-4-10)5-6-15-12(17)11-7-14-8-16-11/h1-4,7-8H,5-6,13H2,(H,14,16)(H,15,17). The summed E-state index contributed by atoms with van der Waals surface area (Å²) in [6.07, 6.45) is 3.76. The van der Waals surface area contributed by atoms with E-state index < -0.39 is 0 Å². The van der Waals surface area contributed by atoms with E-state index in [9.17, 15) is 4.79 Å². The molecular weight excluding hydrogens is 216 g/mol. The third kappa shape index (κ3) is 3.07. The van der Waals surface area contributed by atoms with Crippen LogP contribution in [0, 0.1) is 0 Å². The number of imidazole rings is 1. The van der Waals surface area contributed by atoms with E-state index in [1.807, 2.05) is 24.3 Å². The van der Waals surface area contributed by atoms with E-state index in [1.165, 1.54) is 12.5 Å². The summed E-state index contributed by atoms with van der Waals surface area (Å²) in [7, 11) is 0. The molecule has 1 heterocycles. The summed E-state index contributed by atoms with van der Waals surface area (Å²) in [6, 6.07) is 7.62. The summed E-state index contributed by atoms with van der Waals surface area (Å²) < 4.78 is 0. The van der Waals surface area contributed by atoms with Gasteiger partial charge < -0.3 is 16.0 Å². The van der Waals surface area contributed by atoms with E-state index in [2.05, 4.69) is 15.3 Å². The minimum Gasteiger partial charge on any atom is -0.399 e. The summed E-state index contributed by atoms with van der Waals surface area (Å²) in [5.41, 5.74) is 7.95. The van der Waals surface area contributed by atoms with Gasteiger partial charge >= 0.3 is 0 Å². The molecule has 0 aliphatic carbocycles. The first-order valence-corrected chi connectivity index (χ1v) is 5.37. The Morgan fingerprint density at radius 3 is 2.76 bits per heavy atom. The van der Waals surface area contributed by atoms with E-state index in [0.717, 1.165) is 17.7 Å². The minimum atomic E-state index is -0.141. The second-order valence-corrected chi connectivity index (χ2v) is 3.71. The minimum absolute atomic E-state index is 0.141. The second-order valence-electron chi connectivity index (χ2n) is 3.71. The van der Waals surface area contributed by atoms with E-state index in [1.54, 1.807) is 0 Å². The molecule has 0 saturated heterocycles. The SMILES string of the molecule is Nc1ccc(CCNC(=O)c2cnc[nH]2)cc1. The Bertz CT molecular complexity index is 476. The maximum absolute atomic E-state index is 11.5. The van der Waals surface area contributed by atoms with Crippen molar-refractivity contribution >= 4 is 11.6 Å². The fraction of sp³-hybridized carbons (Fsp3) is 0.167. The Balaban J connectivity index is 1.80. The Morgan fingerprint density at radius 2 is 2.12 bits per heavy atom. The van der Waals surface area contributed by atoms with Gasteiger partial charge in [-0.15, -0.1) is 0 Å². The topological polar surface area (TPSA) is 83.8 Å². The van der Waals surface area contributed by atoms with Crippen LogP contribution in [-0.2, 0) is 6.42 Å². The van der Waals surface area contributed by atoms with E-state index in [-0.39, 0.29) is 5.91 Å². The lowest BCUT2D eigenvalue weighted by Gasteiger charge is -2.04. The number of benzene rings is 1. The number of rotatable bonds is 4. The Kier molecular flexibility index (Phi) is 3.40. The maximum atomic E-state index is 11.5. The van der Waals surface area contributed by atoms with Crippen molar-refractivity contribution in [3.8, 4) is 0 Å². The molecule has 17 heavy (non-hydrogen) atoms. The van der Waals surface area contributed by atoms with Crippen LogP contribution in [0.1, 0.15) is 16.1 Å². The average Bonchev–Trinajstić information content (AvgIpc) is 2.85. The van der Waals surface area contributed by atoms with Gasteiger partial charge in [0, 0.05) is 12.2 Å². The third-order valence-electron chi connectivity index (χ3n) is 2.42. The van der Waals surface area contributed by atoms with Gasteiger partial charge in [-0.1, -0.05) is 12.1 Å². The predicted octanol–water partition coefficient (Wildman–Crippen LogP) is 0.964.